The molecule has 3 heterocycles. The van der Waals surface area contributed by atoms with Gasteiger partial charge in [0, 0.05) is 57.6 Å². The molecule has 4 aliphatic rings. The van der Waals surface area contributed by atoms with Crippen LogP contribution in [0.4, 0.5) is 0 Å². The van der Waals surface area contributed by atoms with Gasteiger partial charge in [-0.3, -0.25) is 28.8 Å². The molecule has 0 radical (unpaired) electrons. The van der Waals surface area contributed by atoms with Gasteiger partial charge in [0.25, 0.3) is 0 Å². The quantitative estimate of drug-likeness (QED) is 0.115. The second kappa shape index (κ2) is 19.8. The molecule has 15 heteroatoms. The first-order valence-corrected chi connectivity index (χ1v) is 23.1. The predicted molar refractivity (Wildman–Crippen MR) is 250 cm³/mol. The van der Waals surface area contributed by atoms with Gasteiger partial charge in [0.1, 0.15) is 41.5 Å². The highest BCUT2D eigenvalue weighted by Crippen LogP contribution is 2.59. The Morgan fingerprint density at radius 3 is 2.10 bits per heavy atom. The number of carbonyl (C=O) groups is 5. The van der Waals surface area contributed by atoms with Crippen LogP contribution in [0.15, 0.2) is 121 Å². The summed E-state index contributed by atoms with van der Waals surface area (Å²) in [4.78, 5) is 80.3. The number of esters is 2. The molecule has 2 N–H and O–H groups in total. The molecule has 2 bridgehead atoms. The van der Waals surface area contributed by atoms with Crippen molar-refractivity contribution in [2.45, 2.75) is 107 Å². The molecule has 8 atom stereocenters. The largest absolute Gasteiger partial charge is 0.460 e. The number of hydrogen-bond donors (Lipinski definition) is 2. The number of carbonyl (C=O) groups excluding carboxylic acids is 5. The van der Waals surface area contributed by atoms with Gasteiger partial charge in [-0.15, -0.1) is 0 Å². The second-order valence-electron chi connectivity index (χ2n) is 19.2. The molecule has 4 aromatic carbocycles. The van der Waals surface area contributed by atoms with Crippen LogP contribution in [0.2, 0.25) is 0 Å². The average molecular weight is 929 g/mol. The van der Waals surface area contributed by atoms with Crippen molar-refractivity contribution in [3.63, 3.8) is 0 Å². The van der Waals surface area contributed by atoms with E-state index in [1.807, 2.05) is 115 Å². The number of likely N-dealkylation sites (N-methyl/N-ethyl adjacent to an activating group) is 2. The van der Waals surface area contributed by atoms with Crippen LogP contribution in [-0.2, 0) is 66.5 Å². The number of nitrogens with one attached hydrogen (secondary N) is 1. The van der Waals surface area contributed by atoms with Gasteiger partial charge in [0.2, 0.25) is 23.5 Å². The molecular formula is C53H60N4O11. The Morgan fingerprint density at radius 2 is 1.49 bits per heavy atom. The molecule has 1 saturated carbocycles. The van der Waals surface area contributed by atoms with Crippen molar-refractivity contribution in [3.05, 3.63) is 149 Å². The maximum atomic E-state index is 16.0. The highest BCUT2D eigenvalue weighted by molar-refractivity contribution is 5.96. The Balaban J connectivity index is 1.18. The van der Waals surface area contributed by atoms with E-state index in [4.69, 9.17) is 23.8 Å². The molecule has 0 aromatic heterocycles. The number of rotatable bonds is 16. The van der Waals surface area contributed by atoms with Crippen LogP contribution in [0.25, 0.3) is 6.08 Å². The van der Waals surface area contributed by atoms with Gasteiger partial charge >= 0.3 is 11.9 Å². The topological polar surface area (TPSA) is 173 Å². The summed E-state index contributed by atoms with van der Waals surface area (Å²) in [5.41, 5.74) is 1.21. The van der Waals surface area contributed by atoms with E-state index in [1.165, 1.54) is 20.9 Å². The first-order chi connectivity index (χ1) is 32.5. The lowest BCUT2D eigenvalue weighted by Gasteiger charge is -2.50. The molecule has 358 valence electrons. The van der Waals surface area contributed by atoms with E-state index < -0.39 is 89.7 Å². The Morgan fingerprint density at radius 1 is 0.868 bits per heavy atom. The summed E-state index contributed by atoms with van der Waals surface area (Å²) in [5.74, 6) is -3.94. The normalized spacial score (nSPS) is 24.6. The first kappa shape index (κ1) is 48.2. The maximum Gasteiger partial charge on any atom is 0.327 e. The third-order valence-electron chi connectivity index (χ3n) is 13.1. The number of hydroxylamine groups is 2. The summed E-state index contributed by atoms with van der Waals surface area (Å²) in [7, 11) is 4.87. The Labute approximate surface area is 396 Å². The Kier molecular flexibility index (Phi) is 14.0. The van der Waals surface area contributed by atoms with Gasteiger partial charge in [0.15, 0.2) is 6.04 Å². The lowest BCUT2D eigenvalue weighted by atomic mass is 9.62. The van der Waals surface area contributed by atoms with Gasteiger partial charge in [-0.25, -0.2) is 0 Å². The zero-order valence-corrected chi connectivity index (χ0v) is 39.3. The molecule has 1 aliphatic carbocycles. The fraction of sp³-hybridized carbons (Fsp3) is 0.415. The molecule has 3 saturated heterocycles. The molecule has 68 heavy (non-hydrogen) atoms. The molecule has 0 spiro atoms. The number of ether oxygens (including phenoxy) is 4. The molecule has 4 aromatic rings. The number of aliphatic hydroxyl groups is 1. The molecule has 0 unspecified atom stereocenters. The van der Waals surface area contributed by atoms with Crippen LogP contribution in [0.3, 0.4) is 0 Å². The first-order valence-electron chi connectivity index (χ1n) is 23.1. The predicted octanol–water partition coefficient (Wildman–Crippen LogP) is 4.94. The van der Waals surface area contributed by atoms with Crippen LogP contribution in [-0.4, -0.2) is 126 Å². The van der Waals surface area contributed by atoms with E-state index in [9.17, 15) is 24.3 Å². The van der Waals surface area contributed by atoms with Crippen molar-refractivity contribution in [1.29, 1.82) is 0 Å². The number of amides is 3. The van der Waals surface area contributed by atoms with E-state index >= 15 is 4.79 Å². The maximum absolute atomic E-state index is 16.0. The fourth-order valence-corrected chi connectivity index (χ4v) is 9.86. The van der Waals surface area contributed by atoms with Gasteiger partial charge in [-0.05, 0) is 50.0 Å². The lowest BCUT2D eigenvalue weighted by Crippen LogP contribution is -2.70. The SMILES string of the molecule is CN(C)C(=O)C=Cc1cccc(CN2O[C@@H]3[C@H]4OC(c5ccccc5)(c5ccccc5)O[C@H]4[C@H]4C[C@]3(C(=O)N(C)[C@H](Cc3ccccc3)C(=O)N[C@H](CO)CCC(=O)OC(C)(C)C)[C@@H]2C(=O)O4)c1. The van der Waals surface area contributed by atoms with Crippen molar-refractivity contribution >= 4 is 35.7 Å². The van der Waals surface area contributed by atoms with E-state index in [1.54, 1.807) is 48.0 Å². The van der Waals surface area contributed by atoms with Crippen LogP contribution in [0, 0.1) is 5.41 Å². The Bertz CT molecular complexity index is 2460. The summed E-state index contributed by atoms with van der Waals surface area (Å²) in [6, 6.07) is 32.3. The minimum absolute atomic E-state index is 0.0117. The van der Waals surface area contributed by atoms with Crippen LogP contribution < -0.4 is 5.32 Å². The van der Waals surface area contributed by atoms with E-state index in [0.717, 1.165) is 16.7 Å². The van der Waals surface area contributed by atoms with Gasteiger partial charge in [-0.1, -0.05) is 115 Å². The molecule has 4 fully saturated rings. The van der Waals surface area contributed by atoms with E-state index in [-0.39, 0.29) is 38.1 Å². The van der Waals surface area contributed by atoms with E-state index in [2.05, 4.69) is 5.32 Å². The van der Waals surface area contributed by atoms with E-state index in [0.29, 0.717) is 11.1 Å². The van der Waals surface area contributed by atoms with Crippen molar-refractivity contribution in [3.8, 4) is 0 Å². The van der Waals surface area contributed by atoms with Crippen LogP contribution >= 0.6 is 0 Å². The summed E-state index contributed by atoms with van der Waals surface area (Å²) in [6.45, 7) is 4.85. The third-order valence-corrected chi connectivity index (χ3v) is 13.1. The molecular weight excluding hydrogens is 869 g/mol. The number of fused-ring (bicyclic) bond motifs is 4. The van der Waals surface area contributed by atoms with Crippen molar-refractivity contribution < 1.29 is 52.9 Å². The van der Waals surface area contributed by atoms with Crippen molar-refractivity contribution in [2.75, 3.05) is 27.7 Å². The number of benzene rings is 4. The molecule has 3 aliphatic heterocycles. The molecule has 3 amide bonds. The van der Waals surface area contributed by atoms with Gasteiger partial charge in [-0.2, -0.15) is 5.06 Å². The fourth-order valence-electron chi connectivity index (χ4n) is 9.86. The summed E-state index contributed by atoms with van der Waals surface area (Å²) >= 11 is 0. The highest BCUT2D eigenvalue weighted by atomic mass is 16.8. The van der Waals surface area contributed by atoms with Crippen molar-refractivity contribution in [2.24, 2.45) is 5.41 Å². The third kappa shape index (κ3) is 9.72. The van der Waals surface area contributed by atoms with Crippen LogP contribution in [0.1, 0.15) is 67.9 Å². The molecule has 8 rings (SSSR count). The standard InChI is InChI=1S/C53H60N4O11/c1-51(2,3)65-43(60)28-26-39(33-58)54-48(61)40(30-34-17-10-7-11-18-34)56(6)50(63)52-31-41-44-45(67-53(66-44,37-21-12-8-13-22-37)38-23-14-9-15-24-38)47(52)68-57(46(52)49(62)64-41)32-36-20-16-19-35(29-36)25-27-42(59)55(4)5/h7-25,27,29,39-41,44-47,58H,26,28,30-33H2,1-6H3,(H,54,61)/t39-,40+,41+,44-,45-,46-,47+,52-/m0/s1. The average Bonchev–Trinajstić information content (AvgIpc) is 3.91. The summed E-state index contributed by atoms with van der Waals surface area (Å²) in [6.07, 6.45) is -0.647. The van der Waals surface area contributed by atoms with Crippen LogP contribution in [0.5, 0.6) is 0 Å². The van der Waals surface area contributed by atoms with Gasteiger partial charge < -0.3 is 39.2 Å². The molecule has 15 nitrogen and oxygen atoms in total. The summed E-state index contributed by atoms with van der Waals surface area (Å²) < 4.78 is 26.0. The minimum Gasteiger partial charge on any atom is -0.460 e. The second-order valence-corrected chi connectivity index (χ2v) is 19.2. The highest BCUT2D eigenvalue weighted by Gasteiger charge is 2.77. The Hall–Kier alpha value is -6.23. The monoisotopic (exact) mass is 928 g/mol. The smallest absolute Gasteiger partial charge is 0.327 e. The lowest BCUT2D eigenvalue weighted by molar-refractivity contribution is -0.214. The zero-order valence-electron chi connectivity index (χ0n) is 39.3. The zero-order chi connectivity index (χ0) is 48.4. The number of hydrogen-bond acceptors (Lipinski definition) is 12. The minimum atomic E-state index is -1.67. The van der Waals surface area contributed by atoms with Crippen molar-refractivity contribution in [1.82, 2.24) is 20.2 Å². The summed E-state index contributed by atoms with van der Waals surface area (Å²) in [5, 5.41) is 14.8. The number of aliphatic hydroxyl groups excluding tert-OH is 1. The number of nitrogens with zero attached hydrogens (tertiary/aromatic N) is 3. The van der Waals surface area contributed by atoms with Gasteiger partial charge in [0.05, 0.1) is 19.2 Å².